The van der Waals surface area contributed by atoms with Gasteiger partial charge in [-0.3, -0.25) is 4.79 Å². The van der Waals surface area contributed by atoms with E-state index in [4.69, 9.17) is 4.74 Å². The average Bonchev–Trinajstić information content (AvgIpc) is 2.55. The molecule has 3 rings (SSSR count). The summed E-state index contributed by atoms with van der Waals surface area (Å²) in [5.41, 5.74) is 2.01. The highest BCUT2D eigenvalue weighted by Crippen LogP contribution is 2.24. The minimum absolute atomic E-state index is 0.115. The van der Waals surface area contributed by atoms with Gasteiger partial charge in [-0.25, -0.2) is 8.78 Å². The van der Waals surface area contributed by atoms with Crippen molar-refractivity contribution in [3.05, 3.63) is 70.8 Å². The highest BCUT2D eigenvalue weighted by atomic mass is 19.1. The molecule has 0 bridgehead atoms. The second kappa shape index (κ2) is 6.46. The van der Waals surface area contributed by atoms with Crippen LogP contribution in [-0.2, 0) is 4.74 Å². The monoisotopic (exact) mass is 317 g/mol. The molecule has 0 N–H and O–H groups in total. The number of carbonyl (C=O) groups is 1. The van der Waals surface area contributed by atoms with Crippen molar-refractivity contribution in [3.8, 4) is 0 Å². The molecule has 0 aliphatic carbocycles. The molecule has 0 aromatic heterocycles. The van der Waals surface area contributed by atoms with Crippen molar-refractivity contribution in [2.75, 3.05) is 19.7 Å². The smallest absolute Gasteiger partial charge is 0.257 e. The molecule has 1 amide bonds. The van der Waals surface area contributed by atoms with Crippen molar-refractivity contribution in [1.82, 2.24) is 4.90 Å². The maximum atomic E-state index is 13.8. The van der Waals surface area contributed by atoms with Gasteiger partial charge >= 0.3 is 0 Å². The molecule has 23 heavy (non-hydrogen) atoms. The van der Waals surface area contributed by atoms with Gasteiger partial charge in [-0.2, -0.15) is 0 Å². The number of rotatable bonds is 2. The lowest BCUT2D eigenvalue weighted by Crippen LogP contribution is -2.42. The predicted molar refractivity (Wildman–Crippen MR) is 82.1 cm³/mol. The fraction of sp³-hybridized carbons (Fsp3) is 0.278. The van der Waals surface area contributed by atoms with Crippen molar-refractivity contribution < 1.29 is 18.3 Å². The van der Waals surface area contributed by atoms with Gasteiger partial charge in [-0.1, -0.05) is 29.8 Å². The Labute approximate surface area is 133 Å². The maximum absolute atomic E-state index is 13.8. The van der Waals surface area contributed by atoms with E-state index in [2.05, 4.69) is 0 Å². The zero-order valence-corrected chi connectivity index (χ0v) is 12.8. The SMILES string of the molecule is Cc1ccc(C2CN(C(=O)c3ccc(F)cc3F)CCO2)cc1. The van der Waals surface area contributed by atoms with E-state index in [0.29, 0.717) is 19.7 Å². The molecule has 5 heteroatoms. The first kappa shape index (κ1) is 15.6. The molecule has 1 fully saturated rings. The quantitative estimate of drug-likeness (QED) is 0.848. The lowest BCUT2D eigenvalue weighted by molar-refractivity contribution is -0.0229. The van der Waals surface area contributed by atoms with Crippen molar-refractivity contribution in [2.24, 2.45) is 0 Å². The van der Waals surface area contributed by atoms with E-state index >= 15 is 0 Å². The molecular formula is C18H17F2NO2. The summed E-state index contributed by atoms with van der Waals surface area (Å²) in [6.45, 7) is 3.11. The highest BCUT2D eigenvalue weighted by molar-refractivity contribution is 5.94. The Morgan fingerprint density at radius 1 is 1.17 bits per heavy atom. The van der Waals surface area contributed by atoms with E-state index < -0.39 is 17.5 Å². The first-order valence-corrected chi connectivity index (χ1v) is 7.47. The zero-order valence-electron chi connectivity index (χ0n) is 12.8. The molecule has 1 aliphatic heterocycles. The third kappa shape index (κ3) is 3.40. The summed E-state index contributed by atoms with van der Waals surface area (Å²) in [5.74, 6) is -1.98. The molecule has 1 saturated heterocycles. The molecule has 1 heterocycles. The zero-order chi connectivity index (χ0) is 16.4. The lowest BCUT2D eigenvalue weighted by atomic mass is 10.1. The largest absolute Gasteiger partial charge is 0.370 e. The van der Waals surface area contributed by atoms with Crippen LogP contribution in [0.5, 0.6) is 0 Å². The molecule has 0 spiro atoms. The van der Waals surface area contributed by atoms with E-state index in [1.54, 1.807) is 4.90 Å². The Morgan fingerprint density at radius 3 is 2.61 bits per heavy atom. The van der Waals surface area contributed by atoms with Gasteiger partial charge in [0.15, 0.2) is 0 Å². The molecule has 120 valence electrons. The molecule has 2 aromatic rings. The van der Waals surface area contributed by atoms with E-state index in [-0.39, 0.29) is 11.7 Å². The highest BCUT2D eigenvalue weighted by Gasteiger charge is 2.27. The van der Waals surface area contributed by atoms with Gasteiger partial charge in [0.1, 0.15) is 17.7 Å². The average molecular weight is 317 g/mol. The topological polar surface area (TPSA) is 29.5 Å². The minimum atomic E-state index is -0.839. The Morgan fingerprint density at radius 2 is 1.91 bits per heavy atom. The van der Waals surface area contributed by atoms with E-state index in [1.807, 2.05) is 31.2 Å². The summed E-state index contributed by atoms with van der Waals surface area (Å²) in [5, 5.41) is 0. The van der Waals surface area contributed by atoms with Crippen LogP contribution in [0.2, 0.25) is 0 Å². The van der Waals surface area contributed by atoms with Gasteiger partial charge in [-0.05, 0) is 24.6 Å². The fourth-order valence-corrected chi connectivity index (χ4v) is 2.65. The molecule has 2 aromatic carbocycles. The number of benzene rings is 2. The first-order valence-electron chi connectivity index (χ1n) is 7.47. The van der Waals surface area contributed by atoms with Crippen LogP contribution in [0.3, 0.4) is 0 Å². The van der Waals surface area contributed by atoms with Crippen LogP contribution in [0.25, 0.3) is 0 Å². The summed E-state index contributed by atoms with van der Waals surface area (Å²) >= 11 is 0. The van der Waals surface area contributed by atoms with Gasteiger partial charge in [0, 0.05) is 12.6 Å². The molecule has 0 saturated carbocycles. The number of nitrogens with zero attached hydrogens (tertiary/aromatic N) is 1. The second-order valence-electron chi connectivity index (χ2n) is 5.65. The molecule has 3 nitrogen and oxygen atoms in total. The van der Waals surface area contributed by atoms with Crippen LogP contribution in [0.15, 0.2) is 42.5 Å². The number of carbonyl (C=O) groups excluding carboxylic acids is 1. The van der Waals surface area contributed by atoms with Crippen LogP contribution in [-0.4, -0.2) is 30.5 Å². The summed E-state index contributed by atoms with van der Waals surface area (Å²) in [4.78, 5) is 14.0. The van der Waals surface area contributed by atoms with Gasteiger partial charge in [0.2, 0.25) is 0 Å². The van der Waals surface area contributed by atoms with E-state index in [9.17, 15) is 13.6 Å². The summed E-state index contributed by atoms with van der Waals surface area (Å²) in [7, 11) is 0. The van der Waals surface area contributed by atoms with Crippen LogP contribution in [0.4, 0.5) is 8.78 Å². The van der Waals surface area contributed by atoms with Gasteiger partial charge in [0.25, 0.3) is 5.91 Å². The van der Waals surface area contributed by atoms with Gasteiger partial charge in [-0.15, -0.1) is 0 Å². The normalized spacial score (nSPS) is 18.0. The lowest BCUT2D eigenvalue weighted by Gasteiger charge is -2.33. The number of amides is 1. The van der Waals surface area contributed by atoms with Gasteiger partial charge < -0.3 is 9.64 Å². The summed E-state index contributed by atoms with van der Waals surface area (Å²) in [6, 6.07) is 10.9. The number of morpholine rings is 1. The van der Waals surface area contributed by atoms with Gasteiger partial charge in [0.05, 0.1) is 18.7 Å². The Balaban J connectivity index is 1.77. The molecule has 1 unspecified atom stereocenters. The minimum Gasteiger partial charge on any atom is -0.370 e. The maximum Gasteiger partial charge on any atom is 0.257 e. The third-order valence-corrected chi connectivity index (χ3v) is 3.96. The Hall–Kier alpha value is -2.27. The van der Waals surface area contributed by atoms with E-state index in [0.717, 1.165) is 23.3 Å². The van der Waals surface area contributed by atoms with Crippen molar-refractivity contribution in [1.29, 1.82) is 0 Å². The van der Waals surface area contributed by atoms with E-state index in [1.165, 1.54) is 6.07 Å². The van der Waals surface area contributed by atoms with Crippen LogP contribution in [0.1, 0.15) is 27.6 Å². The Bertz CT molecular complexity index is 715. The van der Waals surface area contributed by atoms with Crippen molar-refractivity contribution in [3.63, 3.8) is 0 Å². The number of aryl methyl sites for hydroxylation is 1. The first-order chi connectivity index (χ1) is 11.0. The Kier molecular flexibility index (Phi) is 4.39. The summed E-state index contributed by atoms with van der Waals surface area (Å²) < 4.78 is 32.5. The number of hydrogen-bond donors (Lipinski definition) is 0. The van der Waals surface area contributed by atoms with Crippen molar-refractivity contribution in [2.45, 2.75) is 13.0 Å². The van der Waals surface area contributed by atoms with Crippen molar-refractivity contribution >= 4 is 5.91 Å². The van der Waals surface area contributed by atoms with Crippen LogP contribution < -0.4 is 0 Å². The number of ether oxygens (including phenoxy) is 1. The molecule has 1 atom stereocenters. The third-order valence-electron chi connectivity index (χ3n) is 3.96. The number of hydrogen-bond acceptors (Lipinski definition) is 2. The molecule has 0 radical (unpaired) electrons. The number of halogens is 2. The summed E-state index contributed by atoms with van der Waals surface area (Å²) in [6.07, 6.45) is -0.239. The molecule has 1 aliphatic rings. The van der Waals surface area contributed by atoms with Crippen LogP contribution in [0, 0.1) is 18.6 Å². The fourth-order valence-electron chi connectivity index (χ4n) is 2.65. The molecular weight excluding hydrogens is 300 g/mol. The standard InChI is InChI=1S/C18H17F2NO2/c1-12-2-4-13(5-3-12)17-11-21(8-9-23-17)18(22)15-7-6-14(19)10-16(15)20/h2-7,10,17H,8-9,11H2,1H3. The predicted octanol–water partition coefficient (Wildman–Crippen LogP) is 3.49. The van der Waals surface area contributed by atoms with Crippen LogP contribution >= 0.6 is 0 Å². The second-order valence-corrected chi connectivity index (χ2v) is 5.65.